The highest BCUT2D eigenvalue weighted by atomic mass is 35.5. The number of amides is 1. The predicted molar refractivity (Wildman–Crippen MR) is 66.9 cm³/mol. The molecule has 86 valence electrons. The zero-order valence-electron chi connectivity index (χ0n) is 9.80. The molecule has 2 nitrogen and oxygen atoms in total. The molecular weight excluding hydrogens is 222 g/mol. The van der Waals surface area contributed by atoms with Crippen LogP contribution in [-0.2, 0) is 4.79 Å². The molecule has 1 unspecified atom stereocenters. The van der Waals surface area contributed by atoms with E-state index < -0.39 is 0 Å². The van der Waals surface area contributed by atoms with Crippen molar-refractivity contribution in [1.29, 1.82) is 0 Å². The van der Waals surface area contributed by atoms with E-state index in [-0.39, 0.29) is 17.2 Å². The zero-order valence-corrected chi connectivity index (χ0v) is 10.6. The summed E-state index contributed by atoms with van der Waals surface area (Å²) in [6.45, 7) is 6.34. The second kappa shape index (κ2) is 3.77. The van der Waals surface area contributed by atoms with Crippen molar-refractivity contribution in [3.8, 4) is 0 Å². The molecule has 1 aromatic rings. The van der Waals surface area contributed by atoms with Crippen LogP contribution in [0.4, 0.5) is 5.69 Å². The van der Waals surface area contributed by atoms with Gasteiger partial charge in [-0.3, -0.25) is 4.79 Å². The molecule has 0 radical (unpaired) electrons. The van der Waals surface area contributed by atoms with E-state index in [1.165, 1.54) is 0 Å². The van der Waals surface area contributed by atoms with Crippen molar-refractivity contribution < 1.29 is 4.79 Å². The van der Waals surface area contributed by atoms with Gasteiger partial charge in [0.15, 0.2) is 0 Å². The fraction of sp³-hybridized carbons (Fsp3) is 0.462. The van der Waals surface area contributed by atoms with Crippen molar-refractivity contribution in [3.63, 3.8) is 0 Å². The number of fused-ring (bicyclic) bond motifs is 1. The van der Waals surface area contributed by atoms with E-state index in [9.17, 15) is 4.79 Å². The number of hydrogen-bond donors (Lipinski definition) is 1. The van der Waals surface area contributed by atoms with Gasteiger partial charge in [0.1, 0.15) is 0 Å². The molecule has 0 aromatic heterocycles. The van der Waals surface area contributed by atoms with Crippen LogP contribution in [0.1, 0.15) is 38.7 Å². The van der Waals surface area contributed by atoms with E-state index in [0.29, 0.717) is 5.02 Å². The number of carbonyl (C=O) groups excluding carboxylic acids is 1. The van der Waals surface area contributed by atoms with Gasteiger partial charge in [0.2, 0.25) is 5.91 Å². The first-order valence-electron chi connectivity index (χ1n) is 5.56. The average Bonchev–Trinajstić information content (AvgIpc) is 2.54. The maximum absolute atomic E-state index is 12.0. The highest BCUT2D eigenvalue weighted by Crippen LogP contribution is 2.46. The lowest BCUT2D eigenvalue weighted by Gasteiger charge is -2.28. The van der Waals surface area contributed by atoms with Gasteiger partial charge in [0.05, 0.1) is 5.92 Å². The molecule has 0 bridgehead atoms. The van der Waals surface area contributed by atoms with Crippen molar-refractivity contribution in [3.05, 3.63) is 28.8 Å². The quantitative estimate of drug-likeness (QED) is 0.833. The van der Waals surface area contributed by atoms with Crippen LogP contribution < -0.4 is 5.32 Å². The summed E-state index contributed by atoms with van der Waals surface area (Å²) in [5.41, 5.74) is 1.89. The Morgan fingerprint density at radius 1 is 1.44 bits per heavy atom. The minimum atomic E-state index is -0.0915. The van der Waals surface area contributed by atoms with Gasteiger partial charge in [-0.25, -0.2) is 0 Å². The van der Waals surface area contributed by atoms with Crippen LogP contribution in [0.3, 0.4) is 0 Å². The minimum absolute atomic E-state index is 0.0417. The van der Waals surface area contributed by atoms with Crippen molar-refractivity contribution in [2.75, 3.05) is 5.32 Å². The average molecular weight is 238 g/mol. The second-order valence-corrected chi connectivity index (χ2v) is 5.43. The highest BCUT2D eigenvalue weighted by molar-refractivity contribution is 6.31. The molecule has 16 heavy (non-hydrogen) atoms. The molecule has 1 aliphatic heterocycles. The van der Waals surface area contributed by atoms with Crippen molar-refractivity contribution in [1.82, 2.24) is 0 Å². The van der Waals surface area contributed by atoms with Crippen molar-refractivity contribution in [2.45, 2.75) is 33.1 Å². The molecular formula is C13H16ClNO. The molecule has 0 saturated carbocycles. The molecule has 2 rings (SSSR count). The Kier molecular flexibility index (Phi) is 2.70. The maximum Gasteiger partial charge on any atom is 0.232 e. The molecule has 3 heteroatoms. The number of rotatable bonds is 2. The number of hydrogen-bond acceptors (Lipinski definition) is 1. The third kappa shape index (κ3) is 1.71. The monoisotopic (exact) mass is 237 g/mol. The summed E-state index contributed by atoms with van der Waals surface area (Å²) in [6, 6.07) is 5.58. The number of halogens is 1. The molecule has 0 spiro atoms. The normalized spacial score (nSPS) is 19.5. The lowest BCUT2D eigenvalue weighted by molar-refractivity contribution is -0.119. The predicted octanol–water partition coefficient (Wildman–Crippen LogP) is 3.81. The molecule has 1 amide bonds. The van der Waals surface area contributed by atoms with Gasteiger partial charge in [-0.2, -0.15) is 0 Å². The van der Waals surface area contributed by atoms with E-state index in [4.69, 9.17) is 11.6 Å². The summed E-state index contributed by atoms with van der Waals surface area (Å²) in [5.74, 6) is -0.00434. The van der Waals surface area contributed by atoms with Gasteiger partial charge in [-0.15, -0.1) is 0 Å². The third-order valence-electron chi connectivity index (χ3n) is 3.54. The van der Waals surface area contributed by atoms with E-state index in [1.807, 2.05) is 18.2 Å². The Labute approximate surface area is 101 Å². The minimum Gasteiger partial charge on any atom is -0.325 e. The van der Waals surface area contributed by atoms with Crippen LogP contribution in [0.5, 0.6) is 0 Å². The van der Waals surface area contributed by atoms with Gasteiger partial charge >= 0.3 is 0 Å². The number of anilines is 1. The Balaban J connectivity index is 2.50. The summed E-state index contributed by atoms with van der Waals surface area (Å²) in [6.07, 6.45) is 0.955. The fourth-order valence-corrected chi connectivity index (χ4v) is 2.39. The number of nitrogens with one attached hydrogen (secondary N) is 1. The first-order chi connectivity index (χ1) is 7.45. The van der Waals surface area contributed by atoms with Crippen molar-refractivity contribution >= 4 is 23.2 Å². The molecule has 1 N–H and O–H groups in total. The number of benzene rings is 1. The first-order valence-corrected chi connectivity index (χ1v) is 5.94. The van der Waals surface area contributed by atoms with Crippen LogP contribution in [0.25, 0.3) is 0 Å². The van der Waals surface area contributed by atoms with Crippen LogP contribution in [0.15, 0.2) is 18.2 Å². The Hall–Kier alpha value is -1.02. The van der Waals surface area contributed by atoms with Crippen LogP contribution >= 0.6 is 11.6 Å². The van der Waals surface area contributed by atoms with Crippen LogP contribution in [0, 0.1) is 5.41 Å². The summed E-state index contributed by atoms with van der Waals surface area (Å²) in [7, 11) is 0. The third-order valence-corrected chi connectivity index (χ3v) is 3.77. The summed E-state index contributed by atoms with van der Waals surface area (Å²) >= 11 is 5.99. The summed E-state index contributed by atoms with van der Waals surface area (Å²) in [4.78, 5) is 12.0. The van der Waals surface area contributed by atoms with Gasteiger partial charge in [-0.05, 0) is 35.6 Å². The molecule has 1 heterocycles. The lowest BCUT2D eigenvalue weighted by Crippen LogP contribution is -2.27. The largest absolute Gasteiger partial charge is 0.325 e. The van der Waals surface area contributed by atoms with E-state index in [0.717, 1.165) is 17.7 Å². The molecule has 1 aliphatic rings. The van der Waals surface area contributed by atoms with E-state index >= 15 is 0 Å². The van der Waals surface area contributed by atoms with Gasteiger partial charge in [0, 0.05) is 10.7 Å². The Bertz CT molecular complexity index is 440. The second-order valence-electron chi connectivity index (χ2n) is 5.00. The first kappa shape index (κ1) is 11.5. The fourth-order valence-electron chi connectivity index (χ4n) is 2.21. The zero-order chi connectivity index (χ0) is 11.9. The maximum atomic E-state index is 12.0. The topological polar surface area (TPSA) is 29.1 Å². The molecule has 1 atom stereocenters. The highest BCUT2D eigenvalue weighted by Gasteiger charge is 2.40. The van der Waals surface area contributed by atoms with Gasteiger partial charge < -0.3 is 5.32 Å². The number of carbonyl (C=O) groups is 1. The molecule has 0 saturated heterocycles. The standard InChI is InChI=1S/C13H16ClNO/c1-4-13(2,3)11-9-7-8(14)5-6-10(9)15-12(11)16/h5-7,11H,4H2,1-3H3,(H,15,16). The lowest BCUT2D eigenvalue weighted by atomic mass is 9.74. The molecule has 1 aromatic carbocycles. The molecule has 0 fully saturated rings. The summed E-state index contributed by atoms with van der Waals surface area (Å²) < 4.78 is 0. The Morgan fingerprint density at radius 3 is 2.75 bits per heavy atom. The van der Waals surface area contributed by atoms with Gasteiger partial charge in [0.25, 0.3) is 0 Å². The molecule has 0 aliphatic carbocycles. The van der Waals surface area contributed by atoms with Crippen LogP contribution in [0.2, 0.25) is 5.02 Å². The smallest absolute Gasteiger partial charge is 0.232 e. The van der Waals surface area contributed by atoms with E-state index in [1.54, 1.807) is 0 Å². The van der Waals surface area contributed by atoms with Crippen LogP contribution in [-0.4, -0.2) is 5.91 Å². The Morgan fingerprint density at radius 2 is 2.12 bits per heavy atom. The van der Waals surface area contributed by atoms with E-state index in [2.05, 4.69) is 26.1 Å². The summed E-state index contributed by atoms with van der Waals surface area (Å²) in [5, 5.41) is 3.60. The SMILES string of the molecule is CCC(C)(C)C1C(=O)Nc2ccc(Cl)cc21. The van der Waals surface area contributed by atoms with Gasteiger partial charge in [-0.1, -0.05) is 32.4 Å². The van der Waals surface area contributed by atoms with Crippen molar-refractivity contribution in [2.24, 2.45) is 5.41 Å².